The summed E-state index contributed by atoms with van der Waals surface area (Å²) in [5.74, 6) is 0.183. The highest BCUT2D eigenvalue weighted by Gasteiger charge is 2.30. The van der Waals surface area contributed by atoms with E-state index in [9.17, 15) is 4.79 Å². The number of hydrogen-bond donors (Lipinski definition) is 1. The summed E-state index contributed by atoms with van der Waals surface area (Å²) >= 11 is 0. The molecule has 0 radical (unpaired) electrons. The van der Waals surface area contributed by atoms with Crippen LogP contribution in [-0.4, -0.2) is 40.2 Å². The third-order valence-electron chi connectivity index (χ3n) is 4.28. The number of carbonyl (C=O) groups excluding carboxylic acids is 1. The fraction of sp³-hybridized carbons (Fsp3) is 0.733. The van der Waals surface area contributed by atoms with Crippen molar-refractivity contribution in [3.8, 4) is 0 Å². The Morgan fingerprint density at radius 1 is 1.40 bits per heavy atom. The summed E-state index contributed by atoms with van der Waals surface area (Å²) < 4.78 is 2.13. The van der Waals surface area contributed by atoms with E-state index < -0.39 is 0 Å². The molecule has 0 saturated carbocycles. The lowest BCUT2D eigenvalue weighted by molar-refractivity contribution is -0.127. The highest BCUT2D eigenvalue weighted by molar-refractivity contribution is 5.86. The van der Waals surface area contributed by atoms with Gasteiger partial charge in [-0.05, 0) is 25.7 Å². The molecule has 1 aromatic rings. The SMILES string of the molecule is CCc1c(N[C@H]2CCN(C)C2=O)cnn1C(CC)CC. The summed E-state index contributed by atoms with van der Waals surface area (Å²) in [7, 11) is 1.86. The van der Waals surface area contributed by atoms with Gasteiger partial charge < -0.3 is 10.2 Å². The Hall–Kier alpha value is -1.52. The summed E-state index contributed by atoms with van der Waals surface area (Å²) in [5, 5.41) is 7.93. The van der Waals surface area contributed by atoms with Crippen LogP contribution in [0.15, 0.2) is 6.20 Å². The van der Waals surface area contributed by atoms with Crippen molar-refractivity contribution in [2.45, 2.75) is 58.5 Å². The van der Waals surface area contributed by atoms with Crippen molar-refractivity contribution >= 4 is 11.6 Å². The second-order valence-electron chi connectivity index (χ2n) is 5.52. The molecule has 1 fully saturated rings. The molecular weight excluding hydrogens is 252 g/mol. The number of aromatic nitrogens is 2. The number of hydrogen-bond acceptors (Lipinski definition) is 3. The number of rotatable bonds is 6. The van der Waals surface area contributed by atoms with Gasteiger partial charge in [-0.3, -0.25) is 9.48 Å². The normalized spacial score (nSPS) is 19.1. The van der Waals surface area contributed by atoms with Crippen molar-refractivity contribution in [1.82, 2.24) is 14.7 Å². The molecule has 0 unspecified atom stereocenters. The fourth-order valence-electron chi connectivity index (χ4n) is 2.95. The molecule has 5 nitrogen and oxygen atoms in total. The zero-order valence-electron chi connectivity index (χ0n) is 13.0. The van der Waals surface area contributed by atoms with Crippen molar-refractivity contribution in [2.75, 3.05) is 18.9 Å². The molecule has 1 saturated heterocycles. The van der Waals surface area contributed by atoms with E-state index in [-0.39, 0.29) is 11.9 Å². The lowest BCUT2D eigenvalue weighted by atomic mass is 10.1. The van der Waals surface area contributed by atoms with Crippen LogP contribution in [0.2, 0.25) is 0 Å². The zero-order chi connectivity index (χ0) is 14.7. The van der Waals surface area contributed by atoms with Gasteiger partial charge in [0.25, 0.3) is 0 Å². The van der Waals surface area contributed by atoms with E-state index in [1.807, 2.05) is 13.2 Å². The molecule has 2 rings (SSSR count). The van der Waals surface area contributed by atoms with Gasteiger partial charge in [0.2, 0.25) is 5.91 Å². The molecule has 5 heteroatoms. The Kier molecular flexibility index (Phi) is 4.68. The molecule has 1 aromatic heterocycles. The molecule has 2 heterocycles. The highest BCUT2D eigenvalue weighted by atomic mass is 16.2. The average molecular weight is 278 g/mol. The van der Waals surface area contributed by atoms with E-state index in [0.717, 1.165) is 37.9 Å². The van der Waals surface area contributed by atoms with E-state index in [0.29, 0.717) is 6.04 Å². The van der Waals surface area contributed by atoms with Gasteiger partial charge in [0, 0.05) is 13.6 Å². The third-order valence-corrected chi connectivity index (χ3v) is 4.28. The Morgan fingerprint density at radius 3 is 2.60 bits per heavy atom. The molecule has 1 aliphatic rings. The molecule has 0 aromatic carbocycles. The molecule has 1 aliphatic heterocycles. The Balaban J connectivity index is 2.18. The van der Waals surface area contributed by atoms with Crippen LogP contribution in [0.5, 0.6) is 0 Å². The minimum Gasteiger partial charge on any atom is -0.371 e. The Labute approximate surface area is 121 Å². The van der Waals surface area contributed by atoms with Crippen LogP contribution < -0.4 is 5.32 Å². The van der Waals surface area contributed by atoms with E-state index in [1.165, 1.54) is 5.69 Å². The maximum atomic E-state index is 12.0. The standard InChI is InChI=1S/C15H26N4O/c1-5-11(6-2)19-14(7-3)13(10-16-19)17-12-8-9-18(4)15(12)20/h10-12,17H,5-9H2,1-4H3/t12-/m0/s1. The topological polar surface area (TPSA) is 50.2 Å². The number of anilines is 1. The number of carbonyl (C=O) groups is 1. The maximum absolute atomic E-state index is 12.0. The predicted octanol–water partition coefficient (Wildman–Crippen LogP) is 2.45. The second kappa shape index (κ2) is 6.29. The lowest BCUT2D eigenvalue weighted by Gasteiger charge is -2.18. The van der Waals surface area contributed by atoms with E-state index in [2.05, 4.69) is 35.9 Å². The van der Waals surface area contributed by atoms with Gasteiger partial charge in [-0.25, -0.2) is 0 Å². The first-order chi connectivity index (χ1) is 9.62. The van der Waals surface area contributed by atoms with Crippen molar-refractivity contribution in [3.63, 3.8) is 0 Å². The first kappa shape index (κ1) is 14.9. The van der Waals surface area contributed by atoms with Crippen LogP contribution in [0, 0.1) is 0 Å². The Morgan fingerprint density at radius 2 is 2.10 bits per heavy atom. The van der Waals surface area contributed by atoms with Gasteiger partial charge in [0.1, 0.15) is 6.04 Å². The van der Waals surface area contributed by atoms with Crippen LogP contribution >= 0.6 is 0 Å². The molecule has 1 amide bonds. The number of nitrogens with zero attached hydrogens (tertiary/aromatic N) is 3. The first-order valence-corrected chi connectivity index (χ1v) is 7.70. The molecule has 1 N–H and O–H groups in total. The second-order valence-corrected chi connectivity index (χ2v) is 5.52. The van der Waals surface area contributed by atoms with Crippen LogP contribution in [-0.2, 0) is 11.2 Å². The minimum absolute atomic E-state index is 0.0929. The summed E-state index contributed by atoms with van der Waals surface area (Å²) in [6.07, 6.45) is 5.83. The van der Waals surface area contributed by atoms with Crippen LogP contribution in [0.3, 0.4) is 0 Å². The number of amides is 1. The van der Waals surface area contributed by atoms with Crippen molar-refractivity contribution < 1.29 is 4.79 Å². The maximum Gasteiger partial charge on any atom is 0.244 e. The van der Waals surface area contributed by atoms with Crippen LogP contribution in [0.4, 0.5) is 5.69 Å². The summed E-state index contributed by atoms with van der Waals surface area (Å²) in [5.41, 5.74) is 2.23. The molecule has 112 valence electrons. The fourth-order valence-corrected chi connectivity index (χ4v) is 2.95. The van der Waals surface area contributed by atoms with Crippen molar-refractivity contribution in [1.29, 1.82) is 0 Å². The molecule has 0 aliphatic carbocycles. The average Bonchev–Trinajstić information content (AvgIpc) is 2.99. The molecule has 20 heavy (non-hydrogen) atoms. The molecular formula is C15H26N4O. The summed E-state index contributed by atoms with van der Waals surface area (Å²) in [6, 6.07) is 0.354. The van der Waals surface area contributed by atoms with Crippen LogP contribution in [0.25, 0.3) is 0 Å². The molecule has 1 atom stereocenters. The third kappa shape index (κ3) is 2.67. The minimum atomic E-state index is -0.0929. The quantitative estimate of drug-likeness (QED) is 0.869. The largest absolute Gasteiger partial charge is 0.371 e. The van der Waals surface area contributed by atoms with Gasteiger partial charge in [-0.2, -0.15) is 5.10 Å². The van der Waals surface area contributed by atoms with Crippen molar-refractivity contribution in [3.05, 3.63) is 11.9 Å². The van der Waals surface area contributed by atoms with Gasteiger partial charge in [-0.1, -0.05) is 20.8 Å². The number of likely N-dealkylation sites (N-methyl/N-ethyl adjacent to an activating group) is 1. The van der Waals surface area contributed by atoms with Gasteiger partial charge in [-0.15, -0.1) is 0 Å². The first-order valence-electron chi connectivity index (χ1n) is 7.70. The zero-order valence-corrected chi connectivity index (χ0v) is 13.0. The predicted molar refractivity (Wildman–Crippen MR) is 80.9 cm³/mol. The number of nitrogens with one attached hydrogen (secondary N) is 1. The van der Waals surface area contributed by atoms with Gasteiger partial charge in [0.15, 0.2) is 0 Å². The van der Waals surface area contributed by atoms with E-state index >= 15 is 0 Å². The van der Waals surface area contributed by atoms with Gasteiger partial charge in [0.05, 0.1) is 23.6 Å². The summed E-state index contributed by atoms with van der Waals surface area (Å²) in [4.78, 5) is 13.8. The monoisotopic (exact) mass is 278 g/mol. The van der Waals surface area contributed by atoms with E-state index in [4.69, 9.17) is 0 Å². The lowest BCUT2D eigenvalue weighted by Crippen LogP contribution is -2.31. The van der Waals surface area contributed by atoms with E-state index in [1.54, 1.807) is 4.90 Å². The smallest absolute Gasteiger partial charge is 0.244 e. The molecule has 0 spiro atoms. The Bertz CT molecular complexity index is 464. The van der Waals surface area contributed by atoms with Crippen LogP contribution in [0.1, 0.15) is 51.8 Å². The molecule has 0 bridgehead atoms. The van der Waals surface area contributed by atoms with Crippen molar-refractivity contribution in [2.24, 2.45) is 0 Å². The summed E-state index contributed by atoms with van der Waals surface area (Å²) in [6.45, 7) is 7.36. The highest BCUT2D eigenvalue weighted by Crippen LogP contribution is 2.25. The van der Waals surface area contributed by atoms with Gasteiger partial charge >= 0.3 is 0 Å². The number of likely N-dealkylation sites (tertiary alicyclic amines) is 1.